The summed E-state index contributed by atoms with van der Waals surface area (Å²) in [6, 6.07) is 16.3. The first-order valence-corrected chi connectivity index (χ1v) is 8.53. The quantitative estimate of drug-likeness (QED) is 0.635. The second-order valence-corrected chi connectivity index (χ2v) is 6.57. The van der Waals surface area contributed by atoms with E-state index in [0.29, 0.717) is 16.3 Å². The van der Waals surface area contributed by atoms with Gasteiger partial charge >= 0.3 is 0 Å². The lowest BCUT2D eigenvalue weighted by molar-refractivity contribution is -0.136. The second-order valence-electron chi connectivity index (χ2n) is 5.52. The Morgan fingerprint density at radius 2 is 1.68 bits per heavy atom. The lowest BCUT2D eigenvalue weighted by Crippen LogP contribution is -2.26. The van der Waals surface area contributed by atoms with E-state index in [1.54, 1.807) is 37.3 Å². The SMILES string of the molecule is CC1=C(C(=O)CC(=O)C(=O)Nc2ccccc2)Sc2ccccc2N1. The van der Waals surface area contributed by atoms with Gasteiger partial charge in [0, 0.05) is 16.3 Å². The molecule has 1 amide bonds. The van der Waals surface area contributed by atoms with Gasteiger partial charge in [-0.15, -0.1) is 0 Å². The van der Waals surface area contributed by atoms with Crippen LogP contribution < -0.4 is 10.6 Å². The first kappa shape index (κ1) is 17.0. The molecule has 0 fully saturated rings. The highest BCUT2D eigenvalue weighted by Crippen LogP contribution is 2.40. The molecule has 25 heavy (non-hydrogen) atoms. The van der Waals surface area contributed by atoms with Crippen LogP contribution in [0.5, 0.6) is 0 Å². The van der Waals surface area contributed by atoms with E-state index in [1.165, 1.54) is 11.8 Å². The van der Waals surface area contributed by atoms with Crippen molar-refractivity contribution in [1.82, 2.24) is 0 Å². The smallest absolute Gasteiger partial charge is 0.292 e. The van der Waals surface area contributed by atoms with E-state index in [1.807, 2.05) is 24.3 Å². The third-order valence-electron chi connectivity index (χ3n) is 3.62. The summed E-state index contributed by atoms with van der Waals surface area (Å²) in [4.78, 5) is 37.9. The Hall–Kier alpha value is -2.86. The molecule has 0 radical (unpaired) electrons. The molecule has 0 unspecified atom stereocenters. The molecule has 0 spiro atoms. The molecule has 5 nitrogen and oxygen atoms in total. The monoisotopic (exact) mass is 352 g/mol. The van der Waals surface area contributed by atoms with Crippen molar-refractivity contribution in [2.45, 2.75) is 18.2 Å². The van der Waals surface area contributed by atoms with Crippen molar-refractivity contribution in [3.05, 3.63) is 65.2 Å². The molecule has 3 rings (SSSR count). The number of Topliss-reactive ketones (excluding diaryl/α,β-unsaturated/α-hetero) is 2. The first-order valence-electron chi connectivity index (χ1n) is 7.72. The molecule has 0 aromatic heterocycles. The number of ketones is 2. The summed E-state index contributed by atoms with van der Waals surface area (Å²) in [5, 5.41) is 5.66. The molecule has 0 aliphatic carbocycles. The normalized spacial score (nSPS) is 12.8. The summed E-state index contributed by atoms with van der Waals surface area (Å²) in [5.41, 5.74) is 2.13. The molecule has 1 heterocycles. The van der Waals surface area contributed by atoms with Crippen LogP contribution in [-0.2, 0) is 14.4 Å². The lowest BCUT2D eigenvalue weighted by Gasteiger charge is -2.21. The number of carbonyl (C=O) groups excluding carboxylic acids is 3. The number of allylic oxidation sites excluding steroid dienone is 2. The lowest BCUT2D eigenvalue weighted by atomic mass is 10.1. The van der Waals surface area contributed by atoms with Crippen molar-refractivity contribution in [1.29, 1.82) is 0 Å². The first-order chi connectivity index (χ1) is 12.0. The Labute approximate surface area is 149 Å². The van der Waals surface area contributed by atoms with E-state index in [-0.39, 0.29) is 5.78 Å². The van der Waals surface area contributed by atoms with Crippen LogP contribution in [0.25, 0.3) is 0 Å². The van der Waals surface area contributed by atoms with E-state index in [0.717, 1.165) is 10.6 Å². The van der Waals surface area contributed by atoms with E-state index >= 15 is 0 Å². The van der Waals surface area contributed by atoms with Crippen molar-refractivity contribution >= 4 is 40.6 Å². The van der Waals surface area contributed by atoms with E-state index in [9.17, 15) is 14.4 Å². The molecule has 1 aliphatic rings. The molecule has 0 saturated carbocycles. The van der Waals surface area contributed by atoms with Crippen LogP contribution in [0.1, 0.15) is 13.3 Å². The molecule has 126 valence electrons. The summed E-state index contributed by atoms with van der Waals surface area (Å²) in [6.45, 7) is 1.78. The van der Waals surface area contributed by atoms with Gasteiger partial charge in [-0.1, -0.05) is 42.1 Å². The molecule has 0 bridgehead atoms. The standard InChI is InChI=1S/C19H16N2O3S/c1-12-18(25-17-10-6-5-9-14(17)20-12)15(22)11-16(23)19(24)21-13-7-3-2-4-8-13/h2-10,20H,11H2,1H3,(H,21,24). The molecule has 6 heteroatoms. The fraction of sp³-hybridized carbons (Fsp3) is 0.105. The number of thioether (sulfide) groups is 1. The van der Waals surface area contributed by atoms with Crippen LogP contribution in [0.3, 0.4) is 0 Å². The number of hydrogen-bond acceptors (Lipinski definition) is 5. The minimum absolute atomic E-state index is 0.363. The molecule has 2 aromatic carbocycles. The zero-order valence-corrected chi connectivity index (χ0v) is 14.4. The second kappa shape index (κ2) is 7.36. The highest BCUT2D eigenvalue weighted by atomic mass is 32.2. The van der Waals surface area contributed by atoms with Crippen molar-refractivity contribution in [3.8, 4) is 0 Å². The van der Waals surface area contributed by atoms with Gasteiger partial charge in [-0.3, -0.25) is 14.4 Å². The van der Waals surface area contributed by atoms with Gasteiger partial charge < -0.3 is 10.6 Å². The average molecular weight is 352 g/mol. The number of rotatable bonds is 5. The van der Waals surface area contributed by atoms with Crippen LogP contribution in [0.4, 0.5) is 11.4 Å². The van der Waals surface area contributed by atoms with E-state index in [4.69, 9.17) is 0 Å². The fourth-order valence-corrected chi connectivity index (χ4v) is 3.38. The number of carbonyl (C=O) groups is 3. The Morgan fingerprint density at radius 1 is 1.00 bits per heavy atom. The minimum atomic E-state index is -0.785. The number of fused-ring (bicyclic) bond motifs is 1. The molecule has 2 aromatic rings. The van der Waals surface area contributed by atoms with Gasteiger partial charge in [0.2, 0.25) is 5.78 Å². The minimum Gasteiger partial charge on any atom is -0.357 e. The number of amides is 1. The van der Waals surface area contributed by atoms with E-state index in [2.05, 4.69) is 10.6 Å². The van der Waals surface area contributed by atoms with Crippen LogP contribution in [0, 0.1) is 0 Å². The predicted molar refractivity (Wildman–Crippen MR) is 98.3 cm³/mol. The topological polar surface area (TPSA) is 75.3 Å². The fourth-order valence-electron chi connectivity index (χ4n) is 2.40. The van der Waals surface area contributed by atoms with Crippen LogP contribution in [0.15, 0.2) is 70.1 Å². The molecule has 0 saturated heterocycles. The number of nitrogens with one attached hydrogen (secondary N) is 2. The largest absolute Gasteiger partial charge is 0.357 e. The molecular weight excluding hydrogens is 336 g/mol. The Morgan fingerprint density at radius 3 is 2.44 bits per heavy atom. The molecular formula is C19H16N2O3S. The zero-order chi connectivity index (χ0) is 17.8. The average Bonchev–Trinajstić information content (AvgIpc) is 2.61. The van der Waals surface area contributed by atoms with Crippen molar-refractivity contribution in [2.75, 3.05) is 10.6 Å². The predicted octanol–water partition coefficient (Wildman–Crippen LogP) is 3.60. The molecule has 2 N–H and O–H groups in total. The highest BCUT2D eigenvalue weighted by Gasteiger charge is 2.25. The third kappa shape index (κ3) is 3.97. The van der Waals surface area contributed by atoms with Crippen LogP contribution >= 0.6 is 11.8 Å². The van der Waals surface area contributed by atoms with Crippen LogP contribution in [0.2, 0.25) is 0 Å². The van der Waals surface area contributed by atoms with E-state index < -0.39 is 18.1 Å². The van der Waals surface area contributed by atoms with Crippen molar-refractivity contribution in [3.63, 3.8) is 0 Å². The Balaban J connectivity index is 1.66. The number of para-hydroxylation sites is 2. The van der Waals surface area contributed by atoms with Crippen LogP contribution in [-0.4, -0.2) is 17.5 Å². The van der Waals surface area contributed by atoms with Gasteiger partial charge in [0.15, 0.2) is 5.78 Å². The van der Waals surface area contributed by atoms with Gasteiger partial charge in [0.05, 0.1) is 17.0 Å². The summed E-state index contributed by atoms with van der Waals surface area (Å²) in [5.74, 6) is -1.90. The summed E-state index contributed by atoms with van der Waals surface area (Å²) in [7, 11) is 0. The van der Waals surface area contributed by atoms with Gasteiger partial charge in [0.1, 0.15) is 0 Å². The Bertz CT molecular complexity index is 875. The summed E-state index contributed by atoms with van der Waals surface area (Å²) >= 11 is 1.31. The van der Waals surface area contributed by atoms with Gasteiger partial charge in [-0.05, 0) is 31.2 Å². The maximum absolute atomic E-state index is 12.5. The van der Waals surface area contributed by atoms with Gasteiger partial charge in [-0.2, -0.15) is 0 Å². The van der Waals surface area contributed by atoms with Crippen molar-refractivity contribution < 1.29 is 14.4 Å². The maximum atomic E-state index is 12.5. The summed E-state index contributed by atoms with van der Waals surface area (Å²) < 4.78 is 0. The number of hydrogen-bond donors (Lipinski definition) is 2. The maximum Gasteiger partial charge on any atom is 0.292 e. The number of anilines is 2. The molecule has 1 aliphatic heterocycles. The highest BCUT2D eigenvalue weighted by molar-refractivity contribution is 8.04. The summed E-state index contributed by atoms with van der Waals surface area (Å²) in [6.07, 6.45) is -0.456. The molecule has 0 atom stereocenters. The Kier molecular flexibility index (Phi) is 5.00. The van der Waals surface area contributed by atoms with Gasteiger partial charge in [0.25, 0.3) is 5.91 Å². The van der Waals surface area contributed by atoms with Crippen molar-refractivity contribution in [2.24, 2.45) is 0 Å². The number of benzene rings is 2. The third-order valence-corrected chi connectivity index (χ3v) is 4.94. The van der Waals surface area contributed by atoms with Gasteiger partial charge in [-0.25, -0.2) is 0 Å². The zero-order valence-electron chi connectivity index (χ0n) is 13.5.